The van der Waals surface area contributed by atoms with Gasteiger partial charge in [-0.1, -0.05) is 18.2 Å². The summed E-state index contributed by atoms with van der Waals surface area (Å²) in [6.07, 6.45) is 3.42. The van der Waals surface area contributed by atoms with Crippen LogP contribution in [0.2, 0.25) is 0 Å². The number of nitrogens with zero attached hydrogens (tertiary/aromatic N) is 2. The van der Waals surface area contributed by atoms with E-state index in [2.05, 4.69) is 30.1 Å². The third kappa shape index (κ3) is 3.92. The molecule has 132 valence electrons. The molecule has 0 spiro atoms. The number of piperidine rings is 1. The summed E-state index contributed by atoms with van der Waals surface area (Å²) >= 11 is 0. The highest BCUT2D eigenvalue weighted by molar-refractivity contribution is 5.65. The molecule has 1 aliphatic heterocycles. The Balaban J connectivity index is 1.79. The van der Waals surface area contributed by atoms with E-state index in [1.165, 1.54) is 17.5 Å². The maximum atomic E-state index is 11.5. The second-order valence-electron chi connectivity index (χ2n) is 6.73. The maximum Gasteiger partial charge on any atom is 0.292 e. The highest BCUT2D eigenvalue weighted by Gasteiger charge is 2.21. The lowest BCUT2D eigenvalue weighted by atomic mass is 10.1. The van der Waals surface area contributed by atoms with Crippen molar-refractivity contribution in [3.8, 4) is 0 Å². The van der Waals surface area contributed by atoms with Crippen molar-refractivity contribution in [2.75, 3.05) is 23.3 Å². The lowest BCUT2D eigenvalue weighted by molar-refractivity contribution is -0.384. The molecule has 0 atom stereocenters. The highest BCUT2D eigenvalue weighted by atomic mass is 16.6. The molecule has 5 heteroatoms. The minimum atomic E-state index is -0.259. The summed E-state index contributed by atoms with van der Waals surface area (Å²) in [5.41, 5.74) is 5.40. The van der Waals surface area contributed by atoms with Gasteiger partial charge >= 0.3 is 0 Å². The molecular weight excluding hydrogens is 314 g/mol. The van der Waals surface area contributed by atoms with Crippen LogP contribution in [0, 0.1) is 24.0 Å². The van der Waals surface area contributed by atoms with Gasteiger partial charge in [0.15, 0.2) is 0 Å². The van der Waals surface area contributed by atoms with Crippen LogP contribution in [-0.2, 0) is 6.54 Å². The number of anilines is 2. The molecule has 0 amide bonds. The van der Waals surface area contributed by atoms with Crippen LogP contribution in [0.4, 0.5) is 17.1 Å². The van der Waals surface area contributed by atoms with Gasteiger partial charge in [0.1, 0.15) is 5.69 Å². The van der Waals surface area contributed by atoms with Crippen LogP contribution in [0.3, 0.4) is 0 Å². The first-order chi connectivity index (χ1) is 12.1. The van der Waals surface area contributed by atoms with Gasteiger partial charge in [0.25, 0.3) is 5.69 Å². The third-order valence-corrected chi connectivity index (χ3v) is 5.02. The minimum absolute atomic E-state index is 0.210. The van der Waals surface area contributed by atoms with Gasteiger partial charge in [0.2, 0.25) is 0 Å². The lowest BCUT2D eigenvalue weighted by Gasteiger charge is -2.28. The quantitative estimate of drug-likeness (QED) is 0.627. The number of aryl methyl sites for hydroxylation is 1. The SMILES string of the molecule is Cc1cccc(NCc2ccc(N3CCCCC3)c([N+](=O)[O-])c2)c1C. The molecule has 0 aromatic heterocycles. The molecule has 0 unspecified atom stereocenters. The van der Waals surface area contributed by atoms with E-state index in [1.54, 1.807) is 6.07 Å². The summed E-state index contributed by atoms with van der Waals surface area (Å²) in [5.74, 6) is 0. The van der Waals surface area contributed by atoms with Crippen molar-refractivity contribution in [2.45, 2.75) is 39.7 Å². The zero-order valence-electron chi connectivity index (χ0n) is 14.9. The minimum Gasteiger partial charge on any atom is -0.381 e. The summed E-state index contributed by atoms with van der Waals surface area (Å²) < 4.78 is 0. The molecule has 2 aromatic rings. The molecule has 1 aliphatic rings. The van der Waals surface area contributed by atoms with E-state index in [-0.39, 0.29) is 10.6 Å². The second kappa shape index (κ2) is 7.55. The number of benzene rings is 2. The molecule has 3 rings (SSSR count). The molecule has 2 aromatic carbocycles. The Morgan fingerprint density at radius 2 is 1.88 bits per heavy atom. The fraction of sp³-hybridized carbons (Fsp3) is 0.400. The molecule has 1 fully saturated rings. The topological polar surface area (TPSA) is 58.4 Å². The molecule has 25 heavy (non-hydrogen) atoms. The van der Waals surface area contributed by atoms with Crippen LogP contribution in [0.25, 0.3) is 0 Å². The van der Waals surface area contributed by atoms with Crippen LogP contribution in [0.5, 0.6) is 0 Å². The molecule has 0 radical (unpaired) electrons. The van der Waals surface area contributed by atoms with Crippen molar-refractivity contribution in [2.24, 2.45) is 0 Å². The van der Waals surface area contributed by atoms with Crippen LogP contribution in [0.1, 0.15) is 36.0 Å². The normalized spacial score (nSPS) is 14.4. The predicted molar refractivity (Wildman–Crippen MR) is 102 cm³/mol. The van der Waals surface area contributed by atoms with Crippen molar-refractivity contribution in [1.82, 2.24) is 0 Å². The van der Waals surface area contributed by atoms with Crippen molar-refractivity contribution >= 4 is 17.1 Å². The smallest absolute Gasteiger partial charge is 0.292 e. The first kappa shape index (κ1) is 17.3. The van der Waals surface area contributed by atoms with Gasteiger partial charge in [-0.25, -0.2) is 0 Å². The summed E-state index contributed by atoms with van der Waals surface area (Å²) in [4.78, 5) is 13.4. The molecule has 0 aliphatic carbocycles. The maximum absolute atomic E-state index is 11.5. The number of nitro benzene ring substituents is 1. The van der Waals surface area contributed by atoms with E-state index in [4.69, 9.17) is 0 Å². The summed E-state index contributed by atoms with van der Waals surface area (Å²) in [6, 6.07) is 11.8. The first-order valence-corrected chi connectivity index (χ1v) is 8.88. The largest absolute Gasteiger partial charge is 0.381 e. The van der Waals surface area contributed by atoms with E-state index in [0.29, 0.717) is 6.54 Å². The van der Waals surface area contributed by atoms with Gasteiger partial charge in [-0.15, -0.1) is 0 Å². The van der Waals surface area contributed by atoms with E-state index in [1.807, 2.05) is 24.3 Å². The Bertz CT molecular complexity index is 768. The average Bonchev–Trinajstić information content (AvgIpc) is 2.63. The van der Waals surface area contributed by atoms with Crippen LogP contribution < -0.4 is 10.2 Å². The molecule has 1 N–H and O–H groups in total. The number of nitrogens with one attached hydrogen (secondary N) is 1. The van der Waals surface area contributed by atoms with E-state index >= 15 is 0 Å². The van der Waals surface area contributed by atoms with Crippen LogP contribution in [-0.4, -0.2) is 18.0 Å². The fourth-order valence-electron chi connectivity index (χ4n) is 3.37. The van der Waals surface area contributed by atoms with Gasteiger partial charge < -0.3 is 10.2 Å². The monoisotopic (exact) mass is 339 g/mol. The van der Waals surface area contributed by atoms with Gasteiger partial charge in [-0.05, 0) is 61.9 Å². The molecule has 0 bridgehead atoms. The Kier molecular flexibility index (Phi) is 5.22. The Morgan fingerprint density at radius 1 is 1.12 bits per heavy atom. The lowest BCUT2D eigenvalue weighted by Crippen LogP contribution is -2.30. The van der Waals surface area contributed by atoms with Crippen molar-refractivity contribution in [1.29, 1.82) is 0 Å². The standard InChI is InChI=1S/C20H25N3O2/c1-15-7-6-8-18(16(15)2)21-14-17-9-10-19(20(13-17)23(24)25)22-11-4-3-5-12-22/h6-10,13,21H,3-5,11-12,14H2,1-2H3. The third-order valence-electron chi connectivity index (χ3n) is 5.02. The number of hydrogen-bond donors (Lipinski definition) is 1. The molecule has 1 heterocycles. The zero-order valence-corrected chi connectivity index (χ0v) is 14.9. The molecule has 0 saturated carbocycles. The number of hydrogen-bond acceptors (Lipinski definition) is 4. The van der Waals surface area contributed by atoms with Crippen molar-refractivity contribution in [3.05, 3.63) is 63.2 Å². The van der Waals surface area contributed by atoms with Gasteiger partial charge in [-0.2, -0.15) is 0 Å². The fourth-order valence-corrected chi connectivity index (χ4v) is 3.37. The van der Waals surface area contributed by atoms with Crippen molar-refractivity contribution < 1.29 is 4.92 Å². The van der Waals surface area contributed by atoms with E-state index in [0.717, 1.165) is 42.9 Å². The summed E-state index contributed by atoms with van der Waals surface area (Å²) in [7, 11) is 0. The highest BCUT2D eigenvalue weighted by Crippen LogP contribution is 2.31. The van der Waals surface area contributed by atoms with Crippen molar-refractivity contribution in [3.63, 3.8) is 0 Å². The Morgan fingerprint density at radius 3 is 2.60 bits per heavy atom. The summed E-state index contributed by atoms with van der Waals surface area (Å²) in [6.45, 7) is 6.55. The number of nitro groups is 1. The van der Waals surface area contributed by atoms with E-state index < -0.39 is 0 Å². The van der Waals surface area contributed by atoms with Gasteiger partial charge in [0, 0.05) is 31.4 Å². The second-order valence-corrected chi connectivity index (χ2v) is 6.73. The molecule has 5 nitrogen and oxygen atoms in total. The zero-order chi connectivity index (χ0) is 17.8. The number of rotatable bonds is 5. The van der Waals surface area contributed by atoms with E-state index in [9.17, 15) is 10.1 Å². The molecular formula is C20H25N3O2. The van der Waals surface area contributed by atoms with Gasteiger partial charge in [0.05, 0.1) is 4.92 Å². The first-order valence-electron chi connectivity index (χ1n) is 8.88. The average molecular weight is 339 g/mol. The Labute approximate surface area is 148 Å². The Hall–Kier alpha value is -2.56. The van der Waals surface area contributed by atoms with Gasteiger partial charge in [-0.3, -0.25) is 10.1 Å². The van der Waals surface area contributed by atoms with Crippen LogP contribution in [0.15, 0.2) is 36.4 Å². The summed E-state index contributed by atoms with van der Waals surface area (Å²) in [5, 5.41) is 14.9. The molecule has 1 saturated heterocycles. The predicted octanol–water partition coefficient (Wildman–Crippen LogP) is 4.81. The van der Waals surface area contributed by atoms with Crippen LogP contribution >= 0.6 is 0 Å².